The first-order valence-electron chi connectivity index (χ1n) is 7.02. The van der Waals surface area contributed by atoms with Crippen LogP contribution in [-0.2, 0) is 6.42 Å². The Morgan fingerprint density at radius 1 is 1.12 bits per heavy atom. The first-order chi connectivity index (χ1) is 8.24. The molecular formula is C16H27N. The topological polar surface area (TPSA) is 12.0 Å². The number of nitrogens with one attached hydrogen (secondary N) is 1. The standard InChI is InChI=1S/C16H27N/c1-4-5-6-9-12-17-15(3)13-16-11-8-7-10-14(16)2/h7-8,10-11,15,17H,4-6,9,12-13H2,1-3H3. The Morgan fingerprint density at radius 2 is 1.88 bits per heavy atom. The Bertz CT molecular complexity index is 306. The van der Waals surface area contributed by atoms with Crippen molar-refractivity contribution >= 4 is 0 Å². The minimum Gasteiger partial charge on any atom is -0.314 e. The molecule has 1 rings (SSSR count). The van der Waals surface area contributed by atoms with Gasteiger partial charge in [0.1, 0.15) is 0 Å². The fourth-order valence-corrected chi connectivity index (χ4v) is 2.14. The van der Waals surface area contributed by atoms with E-state index < -0.39 is 0 Å². The lowest BCUT2D eigenvalue weighted by Gasteiger charge is -2.15. The van der Waals surface area contributed by atoms with Gasteiger partial charge in [-0.1, -0.05) is 50.5 Å². The zero-order chi connectivity index (χ0) is 12.5. The van der Waals surface area contributed by atoms with Crippen LogP contribution in [0.1, 0.15) is 50.7 Å². The largest absolute Gasteiger partial charge is 0.314 e. The van der Waals surface area contributed by atoms with E-state index in [4.69, 9.17) is 0 Å². The monoisotopic (exact) mass is 233 g/mol. The highest BCUT2D eigenvalue weighted by Gasteiger charge is 2.04. The van der Waals surface area contributed by atoms with Crippen molar-refractivity contribution in [3.05, 3.63) is 35.4 Å². The fourth-order valence-electron chi connectivity index (χ4n) is 2.14. The molecule has 0 aromatic heterocycles. The summed E-state index contributed by atoms with van der Waals surface area (Å²) < 4.78 is 0. The fraction of sp³-hybridized carbons (Fsp3) is 0.625. The summed E-state index contributed by atoms with van der Waals surface area (Å²) in [7, 11) is 0. The average Bonchev–Trinajstić information content (AvgIpc) is 2.32. The van der Waals surface area contributed by atoms with E-state index in [0.717, 1.165) is 13.0 Å². The molecule has 0 aliphatic heterocycles. The first kappa shape index (κ1) is 14.2. The molecular weight excluding hydrogens is 206 g/mol. The molecule has 0 saturated heterocycles. The van der Waals surface area contributed by atoms with Crippen molar-refractivity contribution in [2.75, 3.05) is 6.54 Å². The maximum atomic E-state index is 3.62. The van der Waals surface area contributed by atoms with Crippen molar-refractivity contribution in [3.63, 3.8) is 0 Å². The number of rotatable bonds is 8. The van der Waals surface area contributed by atoms with Gasteiger partial charge in [-0.15, -0.1) is 0 Å². The van der Waals surface area contributed by atoms with Gasteiger partial charge in [-0.25, -0.2) is 0 Å². The van der Waals surface area contributed by atoms with Crippen molar-refractivity contribution in [2.24, 2.45) is 0 Å². The van der Waals surface area contributed by atoms with E-state index in [2.05, 4.69) is 50.4 Å². The smallest absolute Gasteiger partial charge is 0.00792 e. The van der Waals surface area contributed by atoms with Crippen LogP contribution >= 0.6 is 0 Å². The van der Waals surface area contributed by atoms with E-state index in [1.54, 1.807) is 0 Å². The Hall–Kier alpha value is -0.820. The van der Waals surface area contributed by atoms with Gasteiger partial charge >= 0.3 is 0 Å². The number of hydrogen-bond acceptors (Lipinski definition) is 1. The van der Waals surface area contributed by atoms with Gasteiger partial charge in [-0.2, -0.15) is 0 Å². The van der Waals surface area contributed by atoms with Gasteiger partial charge in [-0.3, -0.25) is 0 Å². The molecule has 1 unspecified atom stereocenters. The van der Waals surface area contributed by atoms with Crippen LogP contribution in [0.25, 0.3) is 0 Å². The maximum Gasteiger partial charge on any atom is 0.00792 e. The third-order valence-electron chi connectivity index (χ3n) is 3.31. The van der Waals surface area contributed by atoms with E-state index in [1.165, 1.54) is 36.8 Å². The normalized spacial score (nSPS) is 12.6. The van der Waals surface area contributed by atoms with Gasteiger partial charge in [0.05, 0.1) is 0 Å². The summed E-state index contributed by atoms with van der Waals surface area (Å²) in [5.41, 5.74) is 2.88. The molecule has 0 amide bonds. The van der Waals surface area contributed by atoms with Crippen LogP contribution in [0.15, 0.2) is 24.3 Å². The summed E-state index contributed by atoms with van der Waals surface area (Å²) in [5.74, 6) is 0. The lowest BCUT2D eigenvalue weighted by atomic mass is 10.0. The third kappa shape index (κ3) is 5.88. The predicted molar refractivity (Wildman–Crippen MR) is 76.5 cm³/mol. The number of benzene rings is 1. The summed E-state index contributed by atoms with van der Waals surface area (Å²) in [4.78, 5) is 0. The first-order valence-corrected chi connectivity index (χ1v) is 7.02. The van der Waals surface area contributed by atoms with E-state index >= 15 is 0 Å². The number of unbranched alkanes of at least 4 members (excludes halogenated alkanes) is 3. The summed E-state index contributed by atoms with van der Waals surface area (Å²) >= 11 is 0. The second kappa shape index (κ2) is 8.30. The molecule has 0 aliphatic rings. The van der Waals surface area contributed by atoms with Crippen molar-refractivity contribution < 1.29 is 0 Å². The van der Waals surface area contributed by atoms with Gasteiger partial charge in [0.25, 0.3) is 0 Å². The van der Waals surface area contributed by atoms with Gasteiger partial charge in [0, 0.05) is 6.04 Å². The van der Waals surface area contributed by atoms with Gasteiger partial charge in [-0.05, 0) is 44.4 Å². The van der Waals surface area contributed by atoms with Crippen molar-refractivity contribution in [2.45, 2.75) is 58.9 Å². The molecule has 0 radical (unpaired) electrons. The third-order valence-corrected chi connectivity index (χ3v) is 3.31. The summed E-state index contributed by atoms with van der Waals surface area (Å²) in [6, 6.07) is 9.27. The Labute approximate surface area is 107 Å². The number of aryl methyl sites for hydroxylation is 1. The quantitative estimate of drug-likeness (QED) is 0.667. The molecule has 1 atom stereocenters. The average molecular weight is 233 g/mol. The van der Waals surface area contributed by atoms with E-state index in [9.17, 15) is 0 Å². The Balaban J connectivity index is 2.21. The molecule has 0 fully saturated rings. The summed E-state index contributed by atoms with van der Waals surface area (Å²) in [6.45, 7) is 7.90. The van der Waals surface area contributed by atoms with Gasteiger partial charge < -0.3 is 5.32 Å². The van der Waals surface area contributed by atoms with E-state index in [1.807, 2.05) is 0 Å². The SMILES string of the molecule is CCCCCCNC(C)Cc1ccccc1C. The zero-order valence-electron chi connectivity index (χ0n) is 11.6. The van der Waals surface area contributed by atoms with Gasteiger partial charge in [0.2, 0.25) is 0 Å². The molecule has 0 aliphatic carbocycles. The van der Waals surface area contributed by atoms with Crippen molar-refractivity contribution in [1.82, 2.24) is 5.32 Å². The molecule has 1 nitrogen and oxygen atoms in total. The molecule has 0 bridgehead atoms. The van der Waals surface area contributed by atoms with Crippen LogP contribution in [0.5, 0.6) is 0 Å². The molecule has 1 aromatic carbocycles. The second-order valence-electron chi connectivity index (χ2n) is 5.05. The Morgan fingerprint density at radius 3 is 2.59 bits per heavy atom. The lowest BCUT2D eigenvalue weighted by molar-refractivity contribution is 0.517. The zero-order valence-corrected chi connectivity index (χ0v) is 11.6. The highest BCUT2D eigenvalue weighted by atomic mass is 14.9. The molecule has 96 valence electrons. The van der Waals surface area contributed by atoms with Crippen LogP contribution in [0, 0.1) is 6.92 Å². The molecule has 17 heavy (non-hydrogen) atoms. The predicted octanol–water partition coefficient (Wildman–Crippen LogP) is 4.10. The molecule has 0 heterocycles. The number of hydrogen-bond donors (Lipinski definition) is 1. The van der Waals surface area contributed by atoms with Crippen LogP contribution < -0.4 is 5.32 Å². The van der Waals surface area contributed by atoms with Crippen LogP contribution in [-0.4, -0.2) is 12.6 Å². The molecule has 1 aromatic rings. The highest BCUT2D eigenvalue weighted by Crippen LogP contribution is 2.09. The molecule has 1 heteroatoms. The Kier molecular flexibility index (Phi) is 6.95. The van der Waals surface area contributed by atoms with Crippen molar-refractivity contribution in [3.8, 4) is 0 Å². The maximum absolute atomic E-state index is 3.62. The lowest BCUT2D eigenvalue weighted by Crippen LogP contribution is -2.29. The summed E-state index contributed by atoms with van der Waals surface area (Å²) in [5, 5.41) is 3.62. The molecule has 1 N–H and O–H groups in total. The summed E-state index contributed by atoms with van der Waals surface area (Å²) in [6.07, 6.45) is 6.50. The molecule has 0 spiro atoms. The van der Waals surface area contributed by atoms with Crippen LogP contribution in [0.2, 0.25) is 0 Å². The minimum absolute atomic E-state index is 0.581. The van der Waals surface area contributed by atoms with Crippen LogP contribution in [0.4, 0.5) is 0 Å². The molecule has 0 saturated carbocycles. The van der Waals surface area contributed by atoms with Gasteiger partial charge in [0.15, 0.2) is 0 Å². The second-order valence-corrected chi connectivity index (χ2v) is 5.05. The highest BCUT2D eigenvalue weighted by molar-refractivity contribution is 5.26. The minimum atomic E-state index is 0.581. The van der Waals surface area contributed by atoms with E-state index in [0.29, 0.717) is 6.04 Å². The van der Waals surface area contributed by atoms with Crippen LogP contribution in [0.3, 0.4) is 0 Å². The van der Waals surface area contributed by atoms with Crippen molar-refractivity contribution in [1.29, 1.82) is 0 Å². The van der Waals surface area contributed by atoms with E-state index in [-0.39, 0.29) is 0 Å².